The van der Waals surface area contributed by atoms with Gasteiger partial charge in [0.1, 0.15) is 28.2 Å². The lowest BCUT2D eigenvalue weighted by molar-refractivity contribution is -0.384. The molecule has 0 fully saturated rings. The standard InChI is InChI=1S/C22H13FN4O2S/c23-16-8-9-19(21(10-16)27(28)29)25-12-15(11-24)22-26-20(13-30-22)18-7-3-5-14-4-1-2-6-17(14)18/h1-10,12-13,25H. The van der Waals surface area contributed by atoms with Gasteiger partial charge in [0.2, 0.25) is 0 Å². The van der Waals surface area contributed by atoms with Crippen LogP contribution in [0, 0.1) is 27.3 Å². The maximum absolute atomic E-state index is 13.3. The van der Waals surface area contributed by atoms with Crippen LogP contribution in [0.15, 0.2) is 72.2 Å². The molecule has 1 aromatic heterocycles. The zero-order chi connectivity index (χ0) is 21.1. The van der Waals surface area contributed by atoms with Crippen molar-refractivity contribution < 1.29 is 9.31 Å². The van der Waals surface area contributed by atoms with Gasteiger partial charge in [-0.05, 0) is 22.9 Å². The highest BCUT2D eigenvalue weighted by molar-refractivity contribution is 7.11. The van der Waals surface area contributed by atoms with E-state index in [-0.39, 0.29) is 11.3 Å². The quantitative estimate of drug-likeness (QED) is 0.245. The van der Waals surface area contributed by atoms with Crippen LogP contribution in [0.5, 0.6) is 0 Å². The van der Waals surface area contributed by atoms with E-state index in [4.69, 9.17) is 0 Å². The van der Waals surface area contributed by atoms with Crippen LogP contribution >= 0.6 is 11.3 Å². The monoisotopic (exact) mass is 416 g/mol. The second kappa shape index (κ2) is 8.11. The molecular formula is C22H13FN4O2S. The molecule has 146 valence electrons. The number of thiazole rings is 1. The van der Waals surface area contributed by atoms with E-state index in [9.17, 15) is 19.8 Å². The average molecular weight is 416 g/mol. The number of nitrogens with one attached hydrogen (secondary N) is 1. The molecule has 8 heteroatoms. The van der Waals surface area contributed by atoms with Crippen LogP contribution in [0.3, 0.4) is 0 Å². The molecule has 4 aromatic rings. The lowest BCUT2D eigenvalue weighted by Gasteiger charge is -2.04. The largest absolute Gasteiger partial charge is 0.355 e. The molecule has 0 unspecified atom stereocenters. The summed E-state index contributed by atoms with van der Waals surface area (Å²) in [5.74, 6) is -0.712. The Morgan fingerprint density at radius 3 is 2.80 bits per heavy atom. The van der Waals surface area contributed by atoms with E-state index in [2.05, 4.69) is 16.4 Å². The summed E-state index contributed by atoms with van der Waals surface area (Å²) in [7, 11) is 0. The van der Waals surface area contributed by atoms with Crippen LogP contribution in [0.2, 0.25) is 0 Å². The molecule has 0 radical (unpaired) electrons. The SMILES string of the molecule is N#CC(=CNc1ccc(F)cc1[N+](=O)[O-])c1nc(-c2cccc3ccccc23)cs1. The van der Waals surface area contributed by atoms with Crippen molar-refractivity contribution >= 4 is 39.1 Å². The summed E-state index contributed by atoms with van der Waals surface area (Å²) in [6, 6.07) is 19.1. The van der Waals surface area contributed by atoms with E-state index in [1.54, 1.807) is 0 Å². The second-order valence-electron chi connectivity index (χ2n) is 6.30. The van der Waals surface area contributed by atoms with Crippen LogP contribution < -0.4 is 5.32 Å². The maximum atomic E-state index is 13.3. The van der Waals surface area contributed by atoms with Crippen LogP contribution in [0.4, 0.5) is 15.8 Å². The number of nitro groups is 1. The van der Waals surface area contributed by atoms with E-state index >= 15 is 0 Å². The number of nitriles is 1. The summed E-state index contributed by atoms with van der Waals surface area (Å²) in [6.07, 6.45) is 1.34. The number of hydrogen-bond donors (Lipinski definition) is 1. The fourth-order valence-corrected chi connectivity index (χ4v) is 3.83. The molecule has 1 N–H and O–H groups in total. The highest BCUT2D eigenvalue weighted by atomic mass is 32.1. The molecule has 3 aromatic carbocycles. The van der Waals surface area contributed by atoms with Crippen molar-refractivity contribution in [3.05, 3.63) is 93.2 Å². The number of benzene rings is 3. The maximum Gasteiger partial charge on any atom is 0.295 e. The van der Waals surface area contributed by atoms with Crippen molar-refractivity contribution in [2.75, 3.05) is 5.32 Å². The number of aromatic nitrogens is 1. The third kappa shape index (κ3) is 3.74. The fourth-order valence-electron chi connectivity index (χ4n) is 3.04. The normalized spacial score (nSPS) is 11.3. The number of halogens is 1. The number of hydrogen-bond acceptors (Lipinski definition) is 6. The van der Waals surface area contributed by atoms with Gasteiger partial charge in [-0.3, -0.25) is 10.1 Å². The smallest absolute Gasteiger partial charge is 0.295 e. The molecule has 0 saturated heterocycles. The van der Waals surface area contributed by atoms with Gasteiger partial charge in [-0.15, -0.1) is 11.3 Å². The molecule has 0 spiro atoms. The van der Waals surface area contributed by atoms with E-state index in [0.29, 0.717) is 5.01 Å². The number of nitro benzene ring substituents is 1. The van der Waals surface area contributed by atoms with Crippen LogP contribution in [0.1, 0.15) is 5.01 Å². The Hall–Kier alpha value is -4.09. The van der Waals surface area contributed by atoms with E-state index < -0.39 is 16.4 Å². The van der Waals surface area contributed by atoms with Crippen molar-refractivity contribution in [2.45, 2.75) is 0 Å². The first kappa shape index (κ1) is 19.2. The average Bonchev–Trinajstić information content (AvgIpc) is 3.24. The van der Waals surface area contributed by atoms with E-state index in [1.807, 2.05) is 47.8 Å². The minimum absolute atomic E-state index is 0.0833. The summed E-state index contributed by atoms with van der Waals surface area (Å²) >= 11 is 1.30. The summed E-state index contributed by atoms with van der Waals surface area (Å²) in [4.78, 5) is 15.0. The summed E-state index contributed by atoms with van der Waals surface area (Å²) in [5.41, 5.74) is 1.57. The van der Waals surface area contributed by atoms with Crippen molar-refractivity contribution in [2.24, 2.45) is 0 Å². The Kier molecular flexibility index (Phi) is 5.20. The number of nitrogens with zero attached hydrogens (tertiary/aromatic N) is 3. The summed E-state index contributed by atoms with van der Waals surface area (Å²) < 4.78 is 13.3. The van der Waals surface area contributed by atoms with Crippen LogP contribution in [-0.2, 0) is 0 Å². The Morgan fingerprint density at radius 1 is 1.20 bits per heavy atom. The minimum atomic E-state index is -0.712. The molecule has 0 saturated carbocycles. The van der Waals surface area contributed by atoms with Crippen LogP contribution in [0.25, 0.3) is 27.6 Å². The van der Waals surface area contributed by atoms with Gasteiger partial charge in [-0.25, -0.2) is 9.37 Å². The highest BCUT2D eigenvalue weighted by Crippen LogP contribution is 2.32. The summed E-state index contributed by atoms with van der Waals surface area (Å²) in [6.45, 7) is 0. The highest BCUT2D eigenvalue weighted by Gasteiger charge is 2.15. The zero-order valence-electron chi connectivity index (χ0n) is 15.4. The van der Waals surface area contributed by atoms with Gasteiger partial charge in [0, 0.05) is 17.1 Å². The predicted octanol–water partition coefficient (Wildman–Crippen LogP) is 5.99. The molecule has 4 rings (SSSR count). The van der Waals surface area contributed by atoms with Crippen molar-refractivity contribution in [3.63, 3.8) is 0 Å². The first-order valence-corrected chi connectivity index (χ1v) is 9.69. The Morgan fingerprint density at radius 2 is 2.00 bits per heavy atom. The van der Waals surface area contributed by atoms with Gasteiger partial charge in [0.25, 0.3) is 5.69 Å². The van der Waals surface area contributed by atoms with Crippen molar-refractivity contribution in [3.8, 4) is 17.3 Å². The van der Waals surface area contributed by atoms with E-state index in [0.717, 1.165) is 34.2 Å². The van der Waals surface area contributed by atoms with Gasteiger partial charge >= 0.3 is 0 Å². The lowest BCUT2D eigenvalue weighted by atomic mass is 10.0. The van der Waals surface area contributed by atoms with E-state index in [1.165, 1.54) is 23.6 Å². The molecular weight excluding hydrogens is 403 g/mol. The minimum Gasteiger partial charge on any atom is -0.355 e. The molecule has 0 atom stereocenters. The van der Waals surface area contributed by atoms with Gasteiger partial charge in [-0.1, -0.05) is 42.5 Å². The predicted molar refractivity (Wildman–Crippen MR) is 115 cm³/mol. The molecule has 30 heavy (non-hydrogen) atoms. The number of allylic oxidation sites excluding steroid dienone is 1. The Bertz CT molecular complexity index is 1340. The zero-order valence-corrected chi connectivity index (χ0v) is 16.2. The number of rotatable bonds is 5. The van der Waals surface area contributed by atoms with Gasteiger partial charge in [0.15, 0.2) is 0 Å². The van der Waals surface area contributed by atoms with Crippen LogP contribution in [-0.4, -0.2) is 9.91 Å². The van der Waals surface area contributed by atoms with Crippen molar-refractivity contribution in [1.82, 2.24) is 4.98 Å². The Labute approximate surface area is 174 Å². The third-order valence-corrected chi connectivity index (χ3v) is 5.32. The Balaban J connectivity index is 1.67. The molecule has 1 heterocycles. The number of fused-ring (bicyclic) bond motifs is 1. The topological polar surface area (TPSA) is 91.8 Å². The van der Waals surface area contributed by atoms with Crippen molar-refractivity contribution in [1.29, 1.82) is 5.26 Å². The molecule has 0 bridgehead atoms. The summed E-state index contributed by atoms with van der Waals surface area (Å²) in [5, 5.41) is 27.9. The van der Waals surface area contributed by atoms with Gasteiger partial charge in [0.05, 0.1) is 16.7 Å². The molecule has 0 aliphatic rings. The second-order valence-corrected chi connectivity index (χ2v) is 7.16. The first-order chi connectivity index (χ1) is 14.6. The lowest BCUT2D eigenvalue weighted by Crippen LogP contribution is -1.97. The molecule has 0 amide bonds. The molecule has 6 nitrogen and oxygen atoms in total. The number of anilines is 1. The molecule has 0 aliphatic carbocycles. The fraction of sp³-hybridized carbons (Fsp3) is 0. The molecule has 0 aliphatic heterocycles. The van der Waals surface area contributed by atoms with Gasteiger partial charge < -0.3 is 5.32 Å². The third-order valence-electron chi connectivity index (χ3n) is 4.45. The van der Waals surface area contributed by atoms with Gasteiger partial charge in [-0.2, -0.15) is 5.26 Å². The first-order valence-electron chi connectivity index (χ1n) is 8.81.